The van der Waals surface area contributed by atoms with Gasteiger partial charge in [-0.25, -0.2) is 9.97 Å². The van der Waals surface area contributed by atoms with E-state index in [9.17, 15) is 0 Å². The van der Waals surface area contributed by atoms with E-state index >= 15 is 0 Å². The lowest BCUT2D eigenvalue weighted by atomic mass is 10.2. The zero-order valence-electron chi connectivity index (χ0n) is 12.0. The number of H-pyrrole nitrogens is 1. The Morgan fingerprint density at radius 1 is 1.32 bits per heavy atom. The fraction of sp³-hybridized carbons (Fsp3) is 0.214. The number of aromatic nitrogens is 4. The van der Waals surface area contributed by atoms with Gasteiger partial charge in [0.05, 0.1) is 22.7 Å². The zero-order chi connectivity index (χ0) is 15.7. The van der Waals surface area contributed by atoms with Gasteiger partial charge in [-0.2, -0.15) is 0 Å². The van der Waals surface area contributed by atoms with Crippen LogP contribution in [-0.4, -0.2) is 26.2 Å². The third-order valence-electron chi connectivity index (χ3n) is 3.15. The largest absolute Gasteiger partial charge is 0.384 e. The van der Waals surface area contributed by atoms with E-state index in [0.717, 1.165) is 26.1 Å². The number of rotatable bonds is 4. The second-order valence-corrected chi connectivity index (χ2v) is 7.66. The number of anilines is 1. The lowest BCUT2D eigenvalue weighted by molar-refractivity contribution is 0.888. The fourth-order valence-electron chi connectivity index (χ4n) is 2.02. The second-order valence-electron chi connectivity index (χ2n) is 4.67. The number of nitrogens with zero attached hydrogens (tertiary/aromatic N) is 3. The number of aromatic amines is 1. The summed E-state index contributed by atoms with van der Waals surface area (Å²) in [7, 11) is 0. The monoisotopic (exact) mass is 395 g/mol. The zero-order valence-corrected chi connectivity index (χ0v) is 15.2. The van der Waals surface area contributed by atoms with Crippen molar-refractivity contribution in [1.29, 1.82) is 0 Å². The predicted molar refractivity (Wildman–Crippen MR) is 96.3 cm³/mol. The second kappa shape index (κ2) is 6.47. The molecule has 0 saturated carbocycles. The van der Waals surface area contributed by atoms with E-state index in [0.29, 0.717) is 11.0 Å². The van der Waals surface area contributed by atoms with Crippen molar-refractivity contribution >= 4 is 56.2 Å². The third kappa shape index (κ3) is 3.23. The summed E-state index contributed by atoms with van der Waals surface area (Å²) in [4.78, 5) is 16.5. The minimum Gasteiger partial charge on any atom is -0.384 e. The summed E-state index contributed by atoms with van der Waals surface area (Å²) in [6, 6.07) is 3.86. The normalized spacial score (nSPS) is 12.7. The first-order chi connectivity index (χ1) is 10.6. The number of nitrogens with one attached hydrogen (secondary N) is 1. The molecule has 3 aromatic heterocycles. The van der Waals surface area contributed by atoms with E-state index in [1.807, 2.05) is 18.6 Å². The summed E-state index contributed by atoms with van der Waals surface area (Å²) >= 11 is 6.64. The van der Waals surface area contributed by atoms with Gasteiger partial charge in [0.25, 0.3) is 0 Å². The number of thioether (sulfide) groups is 2. The van der Waals surface area contributed by atoms with Gasteiger partial charge in [0, 0.05) is 22.1 Å². The molecule has 22 heavy (non-hydrogen) atoms. The molecule has 3 heterocycles. The van der Waals surface area contributed by atoms with Gasteiger partial charge in [0.1, 0.15) is 10.8 Å². The Morgan fingerprint density at radius 2 is 2.14 bits per heavy atom. The van der Waals surface area contributed by atoms with Crippen molar-refractivity contribution in [3.05, 3.63) is 34.7 Å². The van der Waals surface area contributed by atoms with Crippen LogP contribution in [0, 0.1) is 0 Å². The van der Waals surface area contributed by atoms with E-state index in [1.165, 1.54) is 0 Å². The van der Waals surface area contributed by atoms with Gasteiger partial charge < -0.3 is 10.7 Å². The van der Waals surface area contributed by atoms with Gasteiger partial charge in [0.15, 0.2) is 5.16 Å². The van der Waals surface area contributed by atoms with Crippen LogP contribution >= 0.6 is 39.5 Å². The van der Waals surface area contributed by atoms with Crippen LogP contribution in [0.15, 0.2) is 39.2 Å². The van der Waals surface area contributed by atoms with Crippen LogP contribution in [0.5, 0.6) is 0 Å². The van der Waals surface area contributed by atoms with Crippen molar-refractivity contribution in [2.45, 2.75) is 22.4 Å². The molecule has 1 atom stereocenters. The van der Waals surface area contributed by atoms with Crippen molar-refractivity contribution in [3.8, 4) is 0 Å². The molecule has 0 aliphatic heterocycles. The van der Waals surface area contributed by atoms with Crippen LogP contribution < -0.4 is 5.73 Å². The Morgan fingerprint density at radius 3 is 2.91 bits per heavy atom. The maximum Gasteiger partial charge on any atom is 0.191 e. The average molecular weight is 396 g/mol. The smallest absolute Gasteiger partial charge is 0.191 e. The van der Waals surface area contributed by atoms with E-state index in [1.54, 1.807) is 29.6 Å². The minimum atomic E-state index is 0.128. The van der Waals surface area contributed by atoms with E-state index in [2.05, 4.69) is 48.9 Å². The van der Waals surface area contributed by atoms with Crippen LogP contribution in [0.3, 0.4) is 0 Å². The SMILES string of the molecule is CSc1cc(N)nc(SC(C)c2cc3c(Br)c[nH]c3cn2)n1. The van der Waals surface area contributed by atoms with Crippen molar-refractivity contribution in [2.24, 2.45) is 0 Å². The number of fused-ring (bicyclic) bond motifs is 1. The van der Waals surface area contributed by atoms with Crippen LogP contribution in [-0.2, 0) is 0 Å². The van der Waals surface area contributed by atoms with Crippen LogP contribution in [0.1, 0.15) is 17.9 Å². The van der Waals surface area contributed by atoms with Crippen LogP contribution in [0.25, 0.3) is 10.9 Å². The maximum atomic E-state index is 5.83. The summed E-state index contributed by atoms with van der Waals surface area (Å²) in [5.41, 5.74) is 7.82. The van der Waals surface area contributed by atoms with E-state index in [-0.39, 0.29) is 5.25 Å². The van der Waals surface area contributed by atoms with Crippen molar-refractivity contribution in [1.82, 2.24) is 19.9 Å². The predicted octanol–water partition coefficient (Wildman–Crippen LogP) is 4.27. The van der Waals surface area contributed by atoms with Gasteiger partial charge in [-0.05, 0) is 35.2 Å². The molecule has 0 fully saturated rings. The molecule has 0 bridgehead atoms. The first-order valence-electron chi connectivity index (χ1n) is 6.54. The van der Waals surface area contributed by atoms with Gasteiger partial charge >= 0.3 is 0 Å². The Kier molecular flexibility index (Phi) is 4.60. The molecule has 114 valence electrons. The maximum absolute atomic E-state index is 5.83. The molecule has 3 aromatic rings. The van der Waals surface area contributed by atoms with E-state index in [4.69, 9.17) is 5.73 Å². The number of nitrogens with two attached hydrogens (primary N) is 1. The number of hydrogen-bond donors (Lipinski definition) is 2. The number of halogens is 1. The topological polar surface area (TPSA) is 80.5 Å². The summed E-state index contributed by atoms with van der Waals surface area (Å²) < 4.78 is 1.04. The molecule has 3 rings (SSSR count). The Hall–Kier alpha value is -1.25. The molecular formula is C14H14BrN5S2. The lowest BCUT2D eigenvalue weighted by Crippen LogP contribution is -1.99. The van der Waals surface area contributed by atoms with Gasteiger partial charge in [-0.1, -0.05) is 11.8 Å². The summed E-state index contributed by atoms with van der Waals surface area (Å²) in [6.45, 7) is 2.09. The molecule has 8 heteroatoms. The van der Waals surface area contributed by atoms with Gasteiger partial charge in [0.2, 0.25) is 0 Å². The van der Waals surface area contributed by atoms with Gasteiger partial charge in [-0.15, -0.1) is 11.8 Å². The first kappa shape index (κ1) is 15.6. The highest BCUT2D eigenvalue weighted by Crippen LogP contribution is 2.35. The molecule has 0 aromatic carbocycles. The Balaban J connectivity index is 1.87. The summed E-state index contributed by atoms with van der Waals surface area (Å²) in [5.74, 6) is 0.492. The third-order valence-corrected chi connectivity index (χ3v) is 5.42. The molecule has 0 spiro atoms. The highest BCUT2D eigenvalue weighted by Gasteiger charge is 2.14. The Bertz CT molecular complexity index is 820. The molecule has 0 radical (unpaired) electrons. The molecule has 1 unspecified atom stereocenters. The molecule has 0 aliphatic rings. The highest BCUT2D eigenvalue weighted by atomic mass is 79.9. The van der Waals surface area contributed by atoms with Gasteiger partial charge in [-0.3, -0.25) is 4.98 Å². The van der Waals surface area contributed by atoms with Crippen molar-refractivity contribution in [2.75, 3.05) is 12.0 Å². The quantitative estimate of drug-likeness (QED) is 0.389. The van der Waals surface area contributed by atoms with Crippen LogP contribution in [0.2, 0.25) is 0 Å². The number of nitrogen functional groups attached to an aromatic ring is 1. The minimum absolute atomic E-state index is 0.128. The fourth-order valence-corrected chi connectivity index (χ4v) is 3.81. The molecule has 0 saturated heterocycles. The van der Waals surface area contributed by atoms with Crippen molar-refractivity contribution in [3.63, 3.8) is 0 Å². The van der Waals surface area contributed by atoms with Crippen molar-refractivity contribution < 1.29 is 0 Å². The number of hydrogen-bond acceptors (Lipinski definition) is 6. The standard InChI is InChI=1S/C14H14BrN5S2/c1-7(22-14-19-12(16)4-13(20-14)21-2)10-3-8-9(15)5-17-11(8)6-18-10/h3-7,17H,1-2H3,(H2,16,19,20). The molecular weight excluding hydrogens is 382 g/mol. The average Bonchev–Trinajstić information content (AvgIpc) is 2.87. The highest BCUT2D eigenvalue weighted by molar-refractivity contribution is 9.10. The molecule has 0 amide bonds. The summed E-state index contributed by atoms with van der Waals surface area (Å²) in [6.07, 6.45) is 5.73. The molecule has 5 nitrogen and oxygen atoms in total. The molecule has 3 N–H and O–H groups in total. The summed E-state index contributed by atoms with van der Waals surface area (Å²) in [5, 5.41) is 2.80. The van der Waals surface area contributed by atoms with Crippen LogP contribution in [0.4, 0.5) is 5.82 Å². The molecule has 0 aliphatic carbocycles. The van der Waals surface area contributed by atoms with E-state index < -0.39 is 0 Å². The Labute approximate surface area is 145 Å². The lowest BCUT2D eigenvalue weighted by Gasteiger charge is -2.10. The number of pyridine rings is 1. The first-order valence-corrected chi connectivity index (χ1v) is 9.44.